The molecular formula is C14H15NO5. The Morgan fingerprint density at radius 3 is 2.45 bits per heavy atom. The zero-order valence-electron chi connectivity index (χ0n) is 11.3. The lowest BCUT2D eigenvalue weighted by Crippen LogP contribution is -2.12. The van der Waals surface area contributed by atoms with Gasteiger partial charge in [-0.25, -0.2) is 0 Å². The van der Waals surface area contributed by atoms with E-state index in [1.807, 2.05) is 0 Å². The molecule has 6 nitrogen and oxygen atoms in total. The summed E-state index contributed by atoms with van der Waals surface area (Å²) in [6.45, 7) is 0.246. The summed E-state index contributed by atoms with van der Waals surface area (Å²) in [6, 6.07) is 4.74. The number of carbonyl (C=O) groups is 1. The highest BCUT2D eigenvalue weighted by Gasteiger charge is 2.14. The minimum atomic E-state index is -0.904. The molecule has 0 fully saturated rings. The second kappa shape index (κ2) is 5.64. The number of ether oxygens (including phenoxy) is 2. The third-order valence-electron chi connectivity index (χ3n) is 3.05. The molecule has 0 aliphatic heterocycles. The Hall–Kier alpha value is -2.50. The van der Waals surface area contributed by atoms with Gasteiger partial charge >= 0.3 is 5.97 Å². The predicted molar refractivity (Wildman–Crippen MR) is 73.6 cm³/mol. The lowest BCUT2D eigenvalue weighted by Gasteiger charge is -2.14. The van der Waals surface area contributed by atoms with Crippen molar-refractivity contribution in [3.8, 4) is 11.5 Å². The zero-order chi connectivity index (χ0) is 14.7. The smallest absolute Gasteiger partial charge is 0.305 e. The SMILES string of the molecule is COc1ccc(OC)c2c1c(=O)ccn2CCC(=O)O. The van der Waals surface area contributed by atoms with Crippen LogP contribution in [0, 0.1) is 0 Å². The molecule has 0 bridgehead atoms. The van der Waals surface area contributed by atoms with Gasteiger partial charge in [0.2, 0.25) is 0 Å². The van der Waals surface area contributed by atoms with E-state index in [9.17, 15) is 9.59 Å². The molecule has 106 valence electrons. The van der Waals surface area contributed by atoms with Crippen LogP contribution >= 0.6 is 0 Å². The summed E-state index contributed by atoms with van der Waals surface area (Å²) in [5.41, 5.74) is 0.350. The molecule has 0 saturated heterocycles. The van der Waals surface area contributed by atoms with Gasteiger partial charge in [-0.05, 0) is 12.1 Å². The van der Waals surface area contributed by atoms with Gasteiger partial charge < -0.3 is 19.1 Å². The number of pyridine rings is 1. The Morgan fingerprint density at radius 2 is 1.85 bits per heavy atom. The summed E-state index contributed by atoms with van der Waals surface area (Å²) in [5.74, 6) is 0.0399. The molecule has 0 aliphatic rings. The van der Waals surface area contributed by atoms with E-state index < -0.39 is 5.97 Å². The second-order valence-corrected chi connectivity index (χ2v) is 4.21. The summed E-state index contributed by atoms with van der Waals surface area (Å²) < 4.78 is 12.2. The van der Waals surface area contributed by atoms with Gasteiger partial charge in [0.05, 0.1) is 31.5 Å². The molecule has 0 amide bonds. The molecule has 1 N–H and O–H groups in total. The highest BCUT2D eigenvalue weighted by molar-refractivity contribution is 5.90. The van der Waals surface area contributed by atoms with Crippen molar-refractivity contribution in [3.05, 3.63) is 34.6 Å². The molecule has 0 aliphatic carbocycles. The molecule has 0 unspecified atom stereocenters. The number of aliphatic carboxylic acids is 1. The summed E-state index contributed by atoms with van der Waals surface area (Å²) in [5, 5.41) is 9.19. The van der Waals surface area contributed by atoms with Crippen LogP contribution < -0.4 is 14.9 Å². The molecule has 1 aromatic heterocycles. The molecule has 1 heterocycles. The minimum Gasteiger partial charge on any atom is -0.496 e. The average molecular weight is 277 g/mol. The Labute approximate surface area is 115 Å². The van der Waals surface area contributed by atoms with Crippen molar-refractivity contribution in [2.45, 2.75) is 13.0 Å². The van der Waals surface area contributed by atoms with Crippen LogP contribution in [0.1, 0.15) is 6.42 Å². The number of carboxylic acids is 1. The Bertz CT molecular complexity index is 705. The lowest BCUT2D eigenvalue weighted by atomic mass is 10.1. The van der Waals surface area contributed by atoms with Crippen LogP contribution in [0.5, 0.6) is 11.5 Å². The van der Waals surface area contributed by atoms with Gasteiger partial charge in [0.1, 0.15) is 11.5 Å². The number of methoxy groups -OCH3 is 2. The maximum Gasteiger partial charge on any atom is 0.305 e. The van der Waals surface area contributed by atoms with Crippen LogP contribution in [0.3, 0.4) is 0 Å². The van der Waals surface area contributed by atoms with Crippen molar-refractivity contribution in [2.24, 2.45) is 0 Å². The fourth-order valence-electron chi connectivity index (χ4n) is 2.13. The molecule has 0 spiro atoms. The van der Waals surface area contributed by atoms with Crippen molar-refractivity contribution in [1.29, 1.82) is 0 Å². The monoisotopic (exact) mass is 277 g/mol. The molecule has 2 rings (SSSR count). The third kappa shape index (κ3) is 2.45. The van der Waals surface area contributed by atoms with Crippen LogP contribution in [0.25, 0.3) is 10.9 Å². The van der Waals surface area contributed by atoms with E-state index in [0.717, 1.165) is 0 Å². The second-order valence-electron chi connectivity index (χ2n) is 4.21. The van der Waals surface area contributed by atoms with Crippen LogP contribution in [0.15, 0.2) is 29.2 Å². The number of hydrogen-bond donors (Lipinski definition) is 1. The van der Waals surface area contributed by atoms with Gasteiger partial charge in [-0.3, -0.25) is 9.59 Å². The Balaban J connectivity index is 2.73. The Morgan fingerprint density at radius 1 is 1.20 bits per heavy atom. The topological polar surface area (TPSA) is 77.8 Å². The predicted octanol–water partition coefficient (Wildman–Crippen LogP) is 1.49. The molecule has 1 aromatic carbocycles. The van der Waals surface area contributed by atoms with Crippen LogP contribution in [-0.4, -0.2) is 29.9 Å². The van der Waals surface area contributed by atoms with Gasteiger partial charge in [0.25, 0.3) is 0 Å². The van der Waals surface area contributed by atoms with E-state index in [2.05, 4.69) is 0 Å². The normalized spacial score (nSPS) is 10.5. The first-order valence-corrected chi connectivity index (χ1v) is 6.04. The Kier molecular flexibility index (Phi) is 3.93. The van der Waals surface area contributed by atoms with E-state index in [1.54, 1.807) is 22.9 Å². The maximum atomic E-state index is 12.1. The highest BCUT2D eigenvalue weighted by Crippen LogP contribution is 2.30. The third-order valence-corrected chi connectivity index (χ3v) is 3.05. The standard InChI is InChI=1S/C14H15NO5/c1-19-10-3-4-11(20-2)14-13(10)9(16)5-7-15(14)8-6-12(17)18/h3-5,7H,6,8H2,1-2H3,(H,17,18). The number of aromatic nitrogens is 1. The van der Waals surface area contributed by atoms with E-state index in [1.165, 1.54) is 20.3 Å². The zero-order valence-corrected chi connectivity index (χ0v) is 11.3. The van der Waals surface area contributed by atoms with Crippen LogP contribution in [0.4, 0.5) is 0 Å². The minimum absolute atomic E-state index is 0.0433. The number of aryl methyl sites for hydroxylation is 1. The number of nitrogens with zero attached hydrogens (tertiary/aromatic N) is 1. The fourth-order valence-corrected chi connectivity index (χ4v) is 2.13. The molecule has 0 atom stereocenters. The molecular weight excluding hydrogens is 262 g/mol. The van der Waals surface area contributed by atoms with E-state index in [-0.39, 0.29) is 18.4 Å². The quantitative estimate of drug-likeness (QED) is 0.896. The number of hydrogen-bond acceptors (Lipinski definition) is 4. The first-order valence-electron chi connectivity index (χ1n) is 6.04. The van der Waals surface area contributed by atoms with Gasteiger partial charge in [0.15, 0.2) is 5.43 Å². The number of carboxylic acid groups (broad SMARTS) is 1. The van der Waals surface area contributed by atoms with Gasteiger partial charge in [-0.15, -0.1) is 0 Å². The molecule has 0 saturated carbocycles. The van der Waals surface area contributed by atoms with Gasteiger partial charge in [-0.1, -0.05) is 0 Å². The summed E-state index contributed by atoms with van der Waals surface area (Å²) in [6.07, 6.45) is 1.52. The first kappa shape index (κ1) is 13.9. The van der Waals surface area contributed by atoms with Crippen LogP contribution in [-0.2, 0) is 11.3 Å². The van der Waals surface area contributed by atoms with Crippen molar-refractivity contribution >= 4 is 16.9 Å². The van der Waals surface area contributed by atoms with E-state index >= 15 is 0 Å². The molecule has 20 heavy (non-hydrogen) atoms. The summed E-state index contributed by atoms with van der Waals surface area (Å²) in [4.78, 5) is 22.8. The van der Waals surface area contributed by atoms with Crippen LogP contribution in [0.2, 0.25) is 0 Å². The number of benzene rings is 1. The van der Waals surface area contributed by atoms with Gasteiger partial charge in [0, 0.05) is 18.8 Å². The van der Waals surface area contributed by atoms with E-state index in [4.69, 9.17) is 14.6 Å². The van der Waals surface area contributed by atoms with Crippen molar-refractivity contribution in [2.75, 3.05) is 14.2 Å². The van der Waals surface area contributed by atoms with Crippen molar-refractivity contribution in [3.63, 3.8) is 0 Å². The molecule has 6 heteroatoms. The number of fused-ring (bicyclic) bond motifs is 1. The summed E-state index contributed by atoms with van der Waals surface area (Å²) in [7, 11) is 2.98. The summed E-state index contributed by atoms with van der Waals surface area (Å²) >= 11 is 0. The molecule has 2 aromatic rings. The van der Waals surface area contributed by atoms with Gasteiger partial charge in [-0.2, -0.15) is 0 Å². The average Bonchev–Trinajstić information content (AvgIpc) is 2.45. The van der Waals surface area contributed by atoms with Crippen molar-refractivity contribution in [1.82, 2.24) is 4.57 Å². The largest absolute Gasteiger partial charge is 0.496 e. The number of rotatable bonds is 5. The fraction of sp³-hybridized carbons (Fsp3) is 0.286. The van der Waals surface area contributed by atoms with E-state index in [0.29, 0.717) is 22.4 Å². The van der Waals surface area contributed by atoms with Crippen molar-refractivity contribution < 1.29 is 19.4 Å². The maximum absolute atomic E-state index is 12.1. The molecule has 0 radical (unpaired) electrons. The first-order chi connectivity index (χ1) is 9.58. The highest BCUT2D eigenvalue weighted by atomic mass is 16.5. The lowest BCUT2D eigenvalue weighted by molar-refractivity contribution is -0.137.